The molecule has 1 heterocycles. The van der Waals surface area contributed by atoms with Gasteiger partial charge in [-0.05, 0) is 25.5 Å². The summed E-state index contributed by atoms with van der Waals surface area (Å²) in [5.74, 6) is -1.69. The highest BCUT2D eigenvalue weighted by molar-refractivity contribution is 5.79. The van der Waals surface area contributed by atoms with Crippen molar-refractivity contribution in [2.24, 2.45) is 0 Å². The second kappa shape index (κ2) is 3.59. The quantitative estimate of drug-likeness (QED) is 0.818. The molecule has 0 aliphatic heterocycles. The largest absolute Gasteiger partial charge is 0.481 e. The van der Waals surface area contributed by atoms with Crippen LogP contribution in [0.25, 0.3) is 11.0 Å². The van der Waals surface area contributed by atoms with E-state index in [9.17, 15) is 9.18 Å². The summed E-state index contributed by atoms with van der Waals surface area (Å²) in [6.45, 7) is 3.18. The maximum Gasteiger partial charge on any atom is 0.313 e. The van der Waals surface area contributed by atoms with Gasteiger partial charge in [0.1, 0.15) is 17.6 Å². The fraction of sp³-hybridized carbons (Fsp3) is 0.273. The van der Waals surface area contributed by atoms with E-state index in [0.717, 1.165) is 0 Å². The van der Waals surface area contributed by atoms with Gasteiger partial charge in [-0.15, -0.1) is 0 Å². The van der Waals surface area contributed by atoms with Crippen molar-refractivity contribution in [2.45, 2.75) is 19.8 Å². The monoisotopic (exact) mass is 222 g/mol. The number of halogens is 1. The molecule has 0 saturated heterocycles. The molecule has 1 aromatic carbocycles. The summed E-state index contributed by atoms with van der Waals surface area (Å²) in [5, 5.41) is 8.84. The van der Waals surface area contributed by atoms with Gasteiger partial charge in [0.2, 0.25) is 0 Å². The summed E-state index contributed by atoms with van der Waals surface area (Å²) in [6, 6.07) is 2.93. The Bertz CT molecular complexity index is 523. The van der Waals surface area contributed by atoms with E-state index in [1.54, 1.807) is 13.0 Å². The van der Waals surface area contributed by atoms with Crippen molar-refractivity contribution >= 4 is 17.0 Å². The molecule has 0 spiro atoms. The Hall–Kier alpha value is -1.91. The minimum atomic E-state index is -0.962. The second-order valence-corrected chi connectivity index (χ2v) is 3.80. The zero-order valence-electron chi connectivity index (χ0n) is 8.91. The van der Waals surface area contributed by atoms with Gasteiger partial charge in [0, 0.05) is 6.07 Å². The smallest absolute Gasteiger partial charge is 0.313 e. The van der Waals surface area contributed by atoms with E-state index in [4.69, 9.17) is 5.11 Å². The molecule has 1 aromatic heterocycles. The van der Waals surface area contributed by atoms with Crippen LogP contribution in [0.3, 0.4) is 0 Å². The topological polar surface area (TPSA) is 66.0 Å². The highest BCUT2D eigenvalue weighted by Gasteiger charge is 2.18. The Morgan fingerprint density at radius 1 is 1.56 bits per heavy atom. The van der Waals surface area contributed by atoms with E-state index < -0.39 is 11.9 Å². The number of aromatic amines is 1. The van der Waals surface area contributed by atoms with Crippen LogP contribution >= 0.6 is 0 Å². The molecule has 0 saturated carbocycles. The summed E-state index contributed by atoms with van der Waals surface area (Å²) in [6.07, 6.45) is 0. The van der Waals surface area contributed by atoms with Gasteiger partial charge in [-0.3, -0.25) is 4.79 Å². The number of benzene rings is 1. The third kappa shape index (κ3) is 1.64. The van der Waals surface area contributed by atoms with Gasteiger partial charge in [0.15, 0.2) is 0 Å². The predicted octanol–water partition coefficient (Wildman–Crippen LogP) is 2.20. The fourth-order valence-corrected chi connectivity index (χ4v) is 1.48. The van der Waals surface area contributed by atoms with Crippen molar-refractivity contribution in [3.8, 4) is 0 Å². The van der Waals surface area contributed by atoms with E-state index in [0.29, 0.717) is 22.4 Å². The number of H-pyrrole nitrogens is 1. The first-order valence-electron chi connectivity index (χ1n) is 4.87. The molecule has 5 heteroatoms. The van der Waals surface area contributed by atoms with Crippen molar-refractivity contribution in [1.82, 2.24) is 9.97 Å². The number of carboxylic acid groups (broad SMARTS) is 1. The number of aryl methyl sites for hydroxylation is 1. The molecule has 16 heavy (non-hydrogen) atoms. The van der Waals surface area contributed by atoms with E-state index in [1.165, 1.54) is 13.0 Å². The molecular formula is C11H11FN2O2. The zero-order valence-corrected chi connectivity index (χ0v) is 8.91. The molecule has 0 amide bonds. The van der Waals surface area contributed by atoms with Crippen molar-refractivity contribution < 1.29 is 14.3 Å². The van der Waals surface area contributed by atoms with Crippen LogP contribution < -0.4 is 0 Å². The van der Waals surface area contributed by atoms with Crippen LogP contribution in [0.4, 0.5) is 4.39 Å². The van der Waals surface area contributed by atoms with Gasteiger partial charge in [-0.25, -0.2) is 9.37 Å². The van der Waals surface area contributed by atoms with Crippen LogP contribution in [-0.2, 0) is 4.79 Å². The van der Waals surface area contributed by atoms with Crippen LogP contribution in [0.15, 0.2) is 12.1 Å². The highest BCUT2D eigenvalue weighted by Crippen LogP contribution is 2.20. The number of aromatic nitrogens is 2. The molecule has 0 aliphatic carbocycles. The lowest BCUT2D eigenvalue weighted by molar-refractivity contribution is -0.138. The number of aliphatic carboxylic acids is 1. The maximum absolute atomic E-state index is 13.2. The molecule has 4 nitrogen and oxygen atoms in total. The first kappa shape index (κ1) is 10.6. The number of hydrogen-bond acceptors (Lipinski definition) is 2. The summed E-state index contributed by atoms with van der Waals surface area (Å²) < 4.78 is 13.2. The summed E-state index contributed by atoms with van der Waals surface area (Å²) in [5.41, 5.74) is 1.61. The maximum atomic E-state index is 13.2. The van der Waals surface area contributed by atoms with E-state index in [2.05, 4.69) is 9.97 Å². The Morgan fingerprint density at radius 2 is 2.25 bits per heavy atom. The molecule has 1 atom stereocenters. The number of nitrogens with zero attached hydrogens (tertiary/aromatic N) is 1. The van der Waals surface area contributed by atoms with Crippen LogP contribution in [0.5, 0.6) is 0 Å². The summed E-state index contributed by atoms with van der Waals surface area (Å²) in [4.78, 5) is 17.7. The molecule has 84 valence electrons. The SMILES string of the molecule is Cc1cc2[nH]c(C(C)C(=O)O)nc2cc1F. The molecular weight excluding hydrogens is 211 g/mol. The first-order chi connectivity index (χ1) is 7.49. The lowest BCUT2D eigenvalue weighted by Gasteiger charge is -1.99. The van der Waals surface area contributed by atoms with Gasteiger partial charge in [-0.2, -0.15) is 0 Å². The minimum Gasteiger partial charge on any atom is -0.481 e. The standard InChI is InChI=1S/C11H11FN2O2/c1-5-3-8-9(4-7(5)12)14-10(13-8)6(2)11(15)16/h3-4,6H,1-2H3,(H,13,14)(H,15,16). The third-order valence-electron chi connectivity index (χ3n) is 2.56. The highest BCUT2D eigenvalue weighted by atomic mass is 19.1. The number of fused-ring (bicyclic) bond motifs is 1. The van der Waals surface area contributed by atoms with Gasteiger partial charge in [-0.1, -0.05) is 0 Å². The Balaban J connectivity index is 2.56. The number of nitrogens with one attached hydrogen (secondary N) is 1. The van der Waals surface area contributed by atoms with Gasteiger partial charge in [0.25, 0.3) is 0 Å². The van der Waals surface area contributed by atoms with Crippen LogP contribution in [0.2, 0.25) is 0 Å². The Morgan fingerprint density at radius 3 is 2.88 bits per heavy atom. The lowest BCUT2D eigenvalue weighted by Crippen LogP contribution is -2.08. The lowest BCUT2D eigenvalue weighted by atomic mass is 10.2. The molecule has 0 fully saturated rings. The fourth-order valence-electron chi connectivity index (χ4n) is 1.48. The van der Waals surface area contributed by atoms with Crippen molar-refractivity contribution in [1.29, 1.82) is 0 Å². The predicted molar refractivity (Wildman–Crippen MR) is 56.8 cm³/mol. The number of rotatable bonds is 2. The number of carbonyl (C=O) groups is 1. The molecule has 1 unspecified atom stereocenters. The normalized spacial score (nSPS) is 12.9. The second-order valence-electron chi connectivity index (χ2n) is 3.80. The van der Waals surface area contributed by atoms with E-state index in [1.807, 2.05) is 0 Å². The van der Waals surface area contributed by atoms with Crippen LogP contribution in [-0.4, -0.2) is 21.0 Å². The average Bonchev–Trinajstić information content (AvgIpc) is 2.60. The third-order valence-corrected chi connectivity index (χ3v) is 2.56. The molecule has 2 N–H and O–H groups in total. The number of imidazole rings is 1. The van der Waals surface area contributed by atoms with Crippen LogP contribution in [0.1, 0.15) is 24.2 Å². The molecule has 2 aromatic rings. The minimum absolute atomic E-state index is 0.339. The van der Waals surface area contributed by atoms with Crippen molar-refractivity contribution in [2.75, 3.05) is 0 Å². The van der Waals surface area contributed by atoms with E-state index >= 15 is 0 Å². The van der Waals surface area contributed by atoms with Gasteiger partial charge in [0.05, 0.1) is 11.0 Å². The molecule has 0 bridgehead atoms. The van der Waals surface area contributed by atoms with Gasteiger partial charge < -0.3 is 10.1 Å². The van der Waals surface area contributed by atoms with Gasteiger partial charge >= 0.3 is 5.97 Å². The summed E-state index contributed by atoms with van der Waals surface area (Å²) in [7, 11) is 0. The first-order valence-corrected chi connectivity index (χ1v) is 4.87. The number of carboxylic acids is 1. The van der Waals surface area contributed by atoms with Crippen molar-refractivity contribution in [3.05, 3.63) is 29.3 Å². The Kier molecular flexibility index (Phi) is 2.38. The average molecular weight is 222 g/mol. The summed E-state index contributed by atoms with van der Waals surface area (Å²) >= 11 is 0. The number of hydrogen-bond donors (Lipinski definition) is 2. The van der Waals surface area contributed by atoms with Crippen molar-refractivity contribution in [3.63, 3.8) is 0 Å². The molecule has 2 rings (SSSR count). The molecule has 0 aliphatic rings. The zero-order chi connectivity index (χ0) is 11.9. The Labute approximate surface area is 91.1 Å². The molecule has 0 radical (unpaired) electrons. The van der Waals surface area contributed by atoms with Crippen LogP contribution in [0, 0.1) is 12.7 Å². The van der Waals surface area contributed by atoms with E-state index in [-0.39, 0.29) is 5.82 Å².